The summed E-state index contributed by atoms with van der Waals surface area (Å²) in [6.07, 6.45) is 6.24. The number of anilines is 2. The van der Waals surface area contributed by atoms with Crippen LogP contribution in [0.3, 0.4) is 0 Å². The molecule has 0 radical (unpaired) electrons. The fraction of sp³-hybridized carbons (Fsp3) is 0.258. The Morgan fingerprint density at radius 1 is 0.949 bits per heavy atom. The van der Waals surface area contributed by atoms with Gasteiger partial charge < -0.3 is 19.7 Å². The van der Waals surface area contributed by atoms with Crippen LogP contribution >= 0.6 is 0 Å². The first kappa shape index (κ1) is 26.0. The van der Waals surface area contributed by atoms with Crippen LogP contribution in [0.2, 0.25) is 0 Å². The Morgan fingerprint density at radius 3 is 2.49 bits per heavy atom. The van der Waals surface area contributed by atoms with Crippen molar-refractivity contribution in [1.82, 2.24) is 4.90 Å². The molecule has 3 aromatic rings. The molecular formula is C31H31N3O5. The van der Waals surface area contributed by atoms with Crippen LogP contribution in [-0.2, 0) is 21.0 Å². The molecule has 0 bridgehead atoms. The molecule has 2 aliphatic rings. The first-order chi connectivity index (χ1) is 19.0. The third-order valence-corrected chi connectivity index (χ3v) is 6.73. The predicted molar refractivity (Wildman–Crippen MR) is 150 cm³/mol. The molecule has 1 fully saturated rings. The maximum absolute atomic E-state index is 12.8. The van der Waals surface area contributed by atoms with Gasteiger partial charge in [0.05, 0.1) is 5.69 Å². The van der Waals surface area contributed by atoms with E-state index in [0.29, 0.717) is 23.7 Å². The maximum Gasteiger partial charge on any atom is 0.265 e. The number of hydrogen-bond donors (Lipinski definition) is 1. The number of carbonyl (C=O) groups is 3. The average molecular weight is 526 g/mol. The van der Waals surface area contributed by atoms with Crippen LogP contribution in [0.4, 0.5) is 11.4 Å². The molecule has 2 aliphatic heterocycles. The van der Waals surface area contributed by atoms with Crippen molar-refractivity contribution in [2.24, 2.45) is 0 Å². The number of nitrogens with one attached hydrogen (secondary N) is 1. The highest BCUT2D eigenvalue weighted by Crippen LogP contribution is 2.34. The van der Waals surface area contributed by atoms with E-state index in [1.807, 2.05) is 59.5 Å². The minimum atomic E-state index is -0.321. The lowest BCUT2D eigenvalue weighted by atomic mass is 10.1. The summed E-state index contributed by atoms with van der Waals surface area (Å²) in [7, 11) is 0. The number of piperidine rings is 1. The lowest BCUT2D eigenvalue weighted by molar-refractivity contribution is -0.132. The average Bonchev–Trinajstić information content (AvgIpc) is 2.98. The zero-order valence-corrected chi connectivity index (χ0v) is 21.7. The quantitative estimate of drug-likeness (QED) is 0.433. The van der Waals surface area contributed by atoms with Crippen molar-refractivity contribution in [1.29, 1.82) is 0 Å². The van der Waals surface area contributed by atoms with Crippen molar-refractivity contribution in [3.8, 4) is 11.5 Å². The van der Waals surface area contributed by atoms with Gasteiger partial charge in [-0.25, -0.2) is 0 Å². The molecule has 1 saturated heterocycles. The molecule has 0 atom stereocenters. The predicted octanol–water partition coefficient (Wildman–Crippen LogP) is 4.66. The number of benzene rings is 3. The zero-order chi connectivity index (χ0) is 27.0. The Bertz CT molecular complexity index is 1350. The van der Waals surface area contributed by atoms with Crippen molar-refractivity contribution < 1.29 is 23.9 Å². The second-order valence-corrected chi connectivity index (χ2v) is 9.56. The smallest absolute Gasteiger partial charge is 0.265 e. The minimum absolute atomic E-state index is 0.0441. The standard InChI is InChI=1S/C31H31N3O5/c35-29(16-11-23-9-13-26(14-10-23)38-21-24-7-3-1-4-8-24)32-25-12-15-28-27(19-25)34(31(37)22-39-28)20-30(36)33-17-5-2-6-18-33/h1,3-4,7-16,19H,2,5-6,17-18,20-22H2,(H,32,35)/b16-11+. The van der Waals surface area contributed by atoms with E-state index in [9.17, 15) is 14.4 Å². The van der Waals surface area contributed by atoms with E-state index in [0.717, 1.165) is 49.2 Å². The van der Waals surface area contributed by atoms with Crippen LogP contribution in [0.15, 0.2) is 78.9 Å². The number of hydrogen-bond acceptors (Lipinski definition) is 5. The molecule has 8 nitrogen and oxygen atoms in total. The number of fused-ring (bicyclic) bond motifs is 1. The highest BCUT2D eigenvalue weighted by molar-refractivity contribution is 6.05. The van der Waals surface area contributed by atoms with Crippen LogP contribution < -0.4 is 19.7 Å². The summed E-state index contributed by atoms with van der Waals surface area (Å²) in [6, 6.07) is 22.5. The monoisotopic (exact) mass is 525 g/mol. The lowest BCUT2D eigenvalue weighted by Crippen LogP contribution is -2.47. The molecule has 2 heterocycles. The van der Waals surface area contributed by atoms with Gasteiger partial charge in [0.1, 0.15) is 24.7 Å². The fourth-order valence-electron chi connectivity index (χ4n) is 4.60. The summed E-state index contributed by atoms with van der Waals surface area (Å²) < 4.78 is 11.4. The molecule has 0 aromatic heterocycles. The summed E-state index contributed by atoms with van der Waals surface area (Å²) in [5.74, 6) is 0.564. The number of nitrogens with zero attached hydrogens (tertiary/aromatic N) is 2. The molecule has 200 valence electrons. The molecule has 0 unspecified atom stereocenters. The largest absolute Gasteiger partial charge is 0.489 e. The van der Waals surface area contributed by atoms with E-state index in [-0.39, 0.29) is 30.9 Å². The fourth-order valence-corrected chi connectivity index (χ4v) is 4.60. The summed E-state index contributed by atoms with van der Waals surface area (Å²) in [4.78, 5) is 41.3. The van der Waals surface area contributed by atoms with Gasteiger partial charge in [-0.05, 0) is 66.8 Å². The van der Waals surface area contributed by atoms with E-state index >= 15 is 0 Å². The summed E-state index contributed by atoms with van der Waals surface area (Å²) in [5.41, 5.74) is 2.92. The molecule has 0 aliphatic carbocycles. The second kappa shape index (κ2) is 12.3. The maximum atomic E-state index is 12.8. The van der Waals surface area contributed by atoms with Gasteiger partial charge in [0.2, 0.25) is 11.8 Å². The van der Waals surface area contributed by atoms with E-state index in [1.54, 1.807) is 24.3 Å². The van der Waals surface area contributed by atoms with Crippen LogP contribution in [0.25, 0.3) is 6.08 Å². The molecule has 3 amide bonds. The molecule has 8 heteroatoms. The zero-order valence-electron chi connectivity index (χ0n) is 21.7. The first-order valence-electron chi connectivity index (χ1n) is 13.2. The number of likely N-dealkylation sites (tertiary alicyclic amines) is 1. The van der Waals surface area contributed by atoms with Gasteiger partial charge in [-0.15, -0.1) is 0 Å². The first-order valence-corrected chi connectivity index (χ1v) is 13.2. The van der Waals surface area contributed by atoms with Crippen LogP contribution in [0, 0.1) is 0 Å². The van der Waals surface area contributed by atoms with Crippen molar-refractivity contribution >= 4 is 35.2 Å². The van der Waals surface area contributed by atoms with E-state index in [4.69, 9.17) is 9.47 Å². The van der Waals surface area contributed by atoms with E-state index in [1.165, 1.54) is 11.0 Å². The normalized spacial score (nSPS) is 15.0. The lowest BCUT2D eigenvalue weighted by Gasteiger charge is -2.33. The molecule has 3 aromatic carbocycles. The third kappa shape index (κ3) is 6.84. The molecule has 0 spiro atoms. The van der Waals surface area contributed by atoms with Gasteiger partial charge in [0, 0.05) is 24.9 Å². The highest BCUT2D eigenvalue weighted by Gasteiger charge is 2.29. The van der Waals surface area contributed by atoms with Crippen LogP contribution in [0.1, 0.15) is 30.4 Å². The molecule has 1 N–H and O–H groups in total. The summed E-state index contributed by atoms with van der Waals surface area (Å²) in [5, 5.41) is 2.82. The van der Waals surface area contributed by atoms with Crippen molar-refractivity contribution in [2.75, 3.05) is 36.5 Å². The van der Waals surface area contributed by atoms with Gasteiger partial charge in [-0.3, -0.25) is 19.3 Å². The van der Waals surface area contributed by atoms with Crippen molar-refractivity contribution in [3.05, 3.63) is 90.0 Å². The second-order valence-electron chi connectivity index (χ2n) is 9.56. The van der Waals surface area contributed by atoms with Crippen molar-refractivity contribution in [3.63, 3.8) is 0 Å². The molecule has 39 heavy (non-hydrogen) atoms. The summed E-state index contributed by atoms with van der Waals surface area (Å²) >= 11 is 0. The van der Waals surface area contributed by atoms with Crippen LogP contribution in [0.5, 0.6) is 11.5 Å². The Kier molecular flexibility index (Phi) is 8.21. The number of ether oxygens (including phenoxy) is 2. The Labute approximate surface area is 227 Å². The molecular weight excluding hydrogens is 494 g/mol. The van der Waals surface area contributed by atoms with Gasteiger partial charge >= 0.3 is 0 Å². The topological polar surface area (TPSA) is 88.2 Å². The Morgan fingerprint density at radius 2 is 1.72 bits per heavy atom. The summed E-state index contributed by atoms with van der Waals surface area (Å²) in [6.45, 7) is 1.76. The van der Waals surface area contributed by atoms with E-state index < -0.39 is 0 Å². The van der Waals surface area contributed by atoms with Crippen LogP contribution in [-0.4, -0.2) is 48.9 Å². The minimum Gasteiger partial charge on any atom is -0.489 e. The van der Waals surface area contributed by atoms with Gasteiger partial charge in [0.15, 0.2) is 6.61 Å². The molecule has 5 rings (SSSR count). The molecule has 0 saturated carbocycles. The third-order valence-electron chi connectivity index (χ3n) is 6.73. The Hall–Kier alpha value is -4.59. The van der Waals surface area contributed by atoms with Gasteiger partial charge in [0.25, 0.3) is 5.91 Å². The Balaban J connectivity index is 1.19. The van der Waals surface area contributed by atoms with E-state index in [2.05, 4.69) is 5.32 Å². The number of rotatable bonds is 8. The highest BCUT2D eigenvalue weighted by atomic mass is 16.5. The number of amides is 3. The van der Waals surface area contributed by atoms with Gasteiger partial charge in [-0.2, -0.15) is 0 Å². The number of carbonyl (C=O) groups excluding carboxylic acids is 3. The van der Waals surface area contributed by atoms with Gasteiger partial charge in [-0.1, -0.05) is 42.5 Å². The SMILES string of the molecule is O=C(/C=C/c1ccc(OCc2ccccc2)cc1)Nc1ccc2c(c1)N(CC(=O)N1CCCCC1)C(=O)CO2. The van der Waals surface area contributed by atoms with Crippen molar-refractivity contribution in [2.45, 2.75) is 25.9 Å².